The average molecular weight is 349 g/mol. The van der Waals surface area contributed by atoms with Crippen LogP contribution in [-0.4, -0.2) is 22.3 Å². The molecular weight excluding hydrogens is 312 g/mol. The predicted molar refractivity (Wildman–Crippen MR) is 107 cm³/mol. The second-order valence-electron chi connectivity index (χ2n) is 6.28. The van der Waals surface area contributed by atoms with Crippen LogP contribution in [0.15, 0.2) is 48.6 Å². The van der Waals surface area contributed by atoms with Crippen LogP contribution >= 0.6 is 0 Å². The van der Waals surface area contributed by atoms with Crippen molar-refractivity contribution in [2.24, 2.45) is 0 Å². The summed E-state index contributed by atoms with van der Waals surface area (Å²) < 4.78 is 0. The predicted octanol–water partition coefficient (Wildman–Crippen LogP) is 5.97. The highest BCUT2D eigenvalue weighted by Crippen LogP contribution is 2.04. The topological polar surface area (TPSA) is 57.5 Å². The molecule has 0 heterocycles. The molecule has 25 heavy (non-hydrogen) atoms. The molecule has 0 amide bonds. The van der Waals surface area contributed by atoms with Crippen molar-refractivity contribution in [1.82, 2.24) is 0 Å². The molecule has 0 aliphatic rings. The first-order valence-corrected chi connectivity index (χ1v) is 9.70. The lowest BCUT2D eigenvalue weighted by atomic mass is 10.1. The lowest BCUT2D eigenvalue weighted by Gasteiger charge is -1.99. The van der Waals surface area contributed by atoms with Gasteiger partial charge in [0.15, 0.2) is 0 Å². The van der Waals surface area contributed by atoms with Crippen molar-refractivity contribution >= 4 is 5.97 Å². The third-order valence-corrected chi connectivity index (χ3v) is 3.80. The van der Waals surface area contributed by atoms with Crippen LogP contribution in [0, 0.1) is 0 Å². The van der Waals surface area contributed by atoms with Crippen LogP contribution in [0.4, 0.5) is 0 Å². The molecule has 0 aromatic carbocycles. The molecule has 0 saturated carbocycles. The van der Waals surface area contributed by atoms with E-state index in [2.05, 4.69) is 31.2 Å². The molecule has 0 spiro atoms. The molecule has 0 saturated heterocycles. The number of rotatable bonds is 16. The van der Waals surface area contributed by atoms with Crippen LogP contribution in [0.2, 0.25) is 0 Å². The van der Waals surface area contributed by atoms with Crippen LogP contribution in [0.25, 0.3) is 0 Å². The molecule has 0 aromatic heterocycles. The molecule has 1 atom stereocenters. The number of aliphatic hydroxyl groups excluding tert-OH is 1. The van der Waals surface area contributed by atoms with E-state index in [1.165, 1.54) is 19.3 Å². The van der Waals surface area contributed by atoms with Crippen molar-refractivity contribution in [3.05, 3.63) is 48.6 Å². The highest BCUT2D eigenvalue weighted by atomic mass is 16.4. The summed E-state index contributed by atoms with van der Waals surface area (Å²) in [4.78, 5) is 10.4. The first kappa shape index (κ1) is 23.4. The number of unbranched alkanes of at least 4 members (excludes halogenated alkanes) is 6. The molecular formula is C22H36O3. The summed E-state index contributed by atoms with van der Waals surface area (Å²) in [6.45, 7) is 2.20. The number of hydrogen-bond acceptors (Lipinski definition) is 2. The lowest BCUT2D eigenvalue weighted by Crippen LogP contribution is -1.98. The van der Waals surface area contributed by atoms with Crippen LogP contribution in [0.3, 0.4) is 0 Å². The Labute approximate surface area is 153 Å². The van der Waals surface area contributed by atoms with Crippen molar-refractivity contribution in [2.45, 2.75) is 83.7 Å². The Balaban J connectivity index is 3.56. The van der Waals surface area contributed by atoms with E-state index < -0.39 is 12.1 Å². The van der Waals surface area contributed by atoms with Gasteiger partial charge in [0, 0.05) is 6.42 Å². The molecule has 0 aromatic rings. The minimum absolute atomic E-state index is 0.276. The van der Waals surface area contributed by atoms with Gasteiger partial charge < -0.3 is 10.2 Å². The zero-order chi connectivity index (χ0) is 18.6. The fourth-order valence-electron chi connectivity index (χ4n) is 2.30. The van der Waals surface area contributed by atoms with E-state index in [-0.39, 0.29) is 6.42 Å². The van der Waals surface area contributed by atoms with Crippen LogP contribution in [0.1, 0.15) is 77.6 Å². The van der Waals surface area contributed by atoms with Crippen LogP contribution in [0.5, 0.6) is 0 Å². The third kappa shape index (κ3) is 20.3. The number of allylic oxidation sites excluding steroid dienone is 6. The normalized spacial score (nSPS) is 13.7. The van der Waals surface area contributed by atoms with Gasteiger partial charge in [0.05, 0.1) is 6.10 Å². The molecule has 3 nitrogen and oxygen atoms in total. The highest BCUT2D eigenvalue weighted by Gasteiger charge is 1.95. The number of carboxylic acids is 1. The van der Waals surface area contributed by atoms with Crippen molar-refractivity contribution in [3.8, 4) is 0 Å². The molecule has 3 heteroatoms. The molecule has 0 aliphatic heterocycles. The summed E-state index contributed by atoms with van der Waals surface area (Å²) >= 11 is 0. The maximum absolute atomic E-state index is 10.4. The Kier molecular flexibility index (Phi) is 17.5. The zero-order valence-electron chi connectivity index (χ0n) is 15.8. The standard InChI is InChI=1S/C22H36O3/c1-2-3-4-5-9-12-15-18-21(23)19-16-13-10-7-6-8-11-14-17-20-22(24)25/h6-7,9,12-13,15-16,18,21,23H,2-5,8,10-11,14,17,19-20H2,1H3,(H,24,25)/b7-6-,12-9-,16-13-,18-15+. The van der Waals surface area contributed by atoms with Gasteiger partial charge in [0.1, 0.15) is 0 Å². The minimum Gasteiger partial charge on any atom is -0.481 e. The van der Waals surface area contributed by atoms with E-state index in [0.29, 0.717) is 6.42 Å². The fraction of sp³-hybridized carbons (Fsp3) is 0.591. The van der Waals surface area contributed by atoms with E-state index in [1.54, 1.807) is 0 Å². The SMILES string of the molecule is CCCCC/C=C\C=C\C(O)C/C=C\C/C=C\CCCCCC(=O)O. The van der Waals surface area contributed by atoms with E-state index in [9.17, 15) is 9.90 Å². The number of carboxylic acid groups (broad SMARTS) is 1. The summed E-state index contributed by atoms with van der Waals surface area (Å²) in [7, 11) is 0. The van der Waals surface area contributed by atoms with Gasteiger partial charge >= 0.3 is 5.97 Å². The maximum Gasteiger partial charge on any atom is 0.303 e. The van der Waals surface area contributed by atoms with Crippen molar-refractivity contribution < 1.29 is 15.0 Å². The summed E-state index contributed by atoms with van der Waals surface area (Å²) in [6.07, 6.45) is 26.3. The monoisotopic (exact) mass is 348 g/mol. The Morgan fingerprint density at radius 1 is 0.880 bits per heavy atom. The van der Waals surface area contributed by atoms with Crippen LogP contribution in [-0.2, 0) is 4.79 Å². The van der Waals surface area contributed by atoms with Gasteiger partial charge in [-0.2, -0.15) is 0 Å². The van der Waals surface area contributed by atoms with Crippen molar-refractivity contribution in [3.63, 3.8) is 0 Å². The van der Waals surface area contributed by atoms with Gasteiger partial charge in [-0.25, -0.2) is 0 Å². The average Bonchev–Trinajstić information content (AvgIpc) is 2.58. The molecule has 0 fully saturated rings. The van der Waals surface area contributed by atoms with E-state index in [4.69, 9.17) is 5.11 Å². The van der Waals surface area contributed by atoms with Gasteiger partial charge in [0.25, 0.3) is 0 Å². The zero-order valence-corrected chi connectivity index (χ0v) is 15.8. The first-order valence-electron chi connectivity index (χ1n) is 9.70. The maximum atomic E-state index is 10.4. The Bertz CT molecular complexity index is 419. The van der Waals surface area contributed by atoms with Crippen LogP contribution < -0.4 is 0 Å². The molecule has 1 unspecified atom stereocenters. The summed E-state index contributed by atoms with van der Waals surface area (Å²) in [6, 6.07) is 0. The molecule has 2 N–H and O–H groups in total. The van der Waals surface area contributed by atoms with E-state index in [0.717, 1.165) is 38.5 Å². The third-order valence-electron chi connectivity index (χ3n) is 3.80. The quantitative estimate of drug-likeness (QED) is 0.205. The summed E-state index contributed by atoms with van der Waals surface area (Å²) in [5.41, 5.74) is 0. The van der Waals surface area contributed by atoms with Gasteiger partial charge in [-0.1, -0.05) is 74.8 Å². The lowest BCUT2D eigenvalue weighted by molar-refractivity contribution is -0.137. The summed E-state index contributed by atoms with van der Waals surface area (Å²) in [5.74, 6) is -0.708. The number of aliphatic carboxylic acids is 1. The van der Waals surface area contributed by atoms with Gasteiger partial charge in [-0.3, -0.25) is 4.79 Å². The summed E-state index contributed by atoms with van der Waals surface area (Å²) in [5, 5.41) is 18.3. The Hall–Kier alpha value is -1.61. The molecule has 0 bridgehead atoms. The number of hydrogen-bond donors (Lipinski definition) is 2. The van der Waals surface area contributed by atoms with Gasteiger partial charge in [-0.05, 0) is 44.9 Å². The number of aliphatic hydroxyl groups is 1. The fourth-order valence-corrected chi connectivity index (χ4v) is 2.30. The molecule has 0 aliphatic carbocycles. The Morgan fingerprint density at radius 3 is 2.36 bits per heavy atom. The van der Waals surface area contributed by atoms with Gasteiger partial charge in [0.2, 0.25) is 0 Å². The molecule has 0 radical (unpaired) electrons. The smallest absolute Gasteiger partial charge is 0.303 e. The largest absolute Gasteiger partial charge is 0.481 e. The second kappa shape index (κ2) is 18.7. The van der Waals surface area contributed by atoms with E-state index >= 15 is 0 Å². The van der Waals surface area contributed by atoms with E-state index in [1.807, 2.05) is 24.3 Å². The minimum atomic E-state index is -0.708. The highest BCUT2D eigenvalue weighted by molar-refractivity contribution is 5.66. The second-order valence-corrected chi connectivity index (χ2v) is 6.28. The molecule has 0 rings (SSSR count). The van der Waals surface area contributed by atoms with Crippen molar-refractivity contribution in [1.29, 1.82) is 0 Å². The molecule has 142 valence electrons. The number of carbonyl (C=O) groups is 1. The first-order chi connectivity index (χ1) is 12.2. The van der Waals surface area contributed by atoms with Gasteiger partial charge in [-0.15, -0.1) is 0 Å². The van der Waals surface area contributed by atoms with Crippen molar-refractivity contribution in [2.75, 3.05) is 0 Å². The Morgan fingerprint density at radius 2 is 1.60 bits per heavy atom.